The topological polar surface area (TPSA) is 104 Å². The number of likely N-dealkylation sites (tertiary alicyclic amines) is 1. The third kappa shape index (κ3) is 5.02. The van der Waals surface area contributed by atoms with Crippen LogP contribution in [0, 0.1) is 6.92 Å². The standard InChI is InChI=1S/C26H28BrN5O4S/c1-14-7-8-15(27)12-18(14)32-17-9-10-28-23-19(17)20(30-24(32)34)21(37-23)22(33)29-16-6-5-11-31(13-16)25(35)36-26(2,3)4/h7-10,12,16H,5-6,11,13H2,1-4H3,(H,29,33)(H,30,34)/t16-/m1/s1. The van der Waals surface area contributed by atoms with Gasteiger partial charge >= 0.3 is 12.1 Å². The van der Waals surface area contributed by atoms with Crippen molar-refractivity contribution in [1.82, 2.24) is 15.2 Å². The van der Waals surface area contributed by atoms with E-state index in [2.05, 4.69) is 31.5 Å². The first-order chi connectivity index (χ1) is 17.5. The van der Waals surface area contributed by atoms with Gasteiger partial charge in [-0.15, -0.1) is 11.3 Å². The zero-order chi connectivity index (χ0) is 26.5. The number of nitrogens with zero attached hydrogens (tertiary/aromatic N) is 3. The van der Waals surface area contributed by atoms with Crippen LogP contribution in [0.2, 0.25) is 0 Å². The number of amides is 4. The molecule has 1 aromatic carbocycles. The Bertz CT molecular complexity index is 1420. The molecule has 0 spiro atoms. The lowest BCUT2D eigenvalue weighted by Gasteiger charge is -2.34. The van der Waals surface area contributed by atoms with Gasteiger partial charge in [-0.25, -0.2) is 14.6 Å². The Labute approximate surface area is 227 Å². The first kappa shape index (κ1) is 25.5. The van der Waals surface area contributed by atoms with Gasteiger partial charge in [-0.05, 0) is 64.3 Å². The molecule has 1 fully saturated rings. The number of carbonyl (C=O) groups excluding carboxylic acids is 3. The summed E-state index contributed by atoms with van der Waals surface area (Å²) in [6, 6.07) is 6.99. The number of aryl methyl sites for hydroxylation is 1. The highest BCUT2D eigenvalue weighted by molar-refractivity contribution is 9.10. The largest absolute Gasteiger partial charge is 0.444 e. The van der Waals surface area contributed by atoms with Gasteiger partial charge in [0.15, 0.2) is 0 Å². The van der Waals surface area contributed by atoms with Crippen LogP contribution >= 0.6 is 27.3 Å². The SMILES string of the molecule is Cc1ccc(Br)cc1N1C(=O)Nc2c(C(=O)N[C@@H]3CCCN(C(=O)OC(C)(C)C)C3)sc3nccc1c23. The van der Waals surface area contributed by atoms with Gasteiger partial charge in [0.2, 0.25) is 0 Å². The minimum atomic E-state index is -0.585. The highest BCUT2D eigenvalue weighted by Crippen LogP contribution is 2.46. The van der Waals surface area contributed by atoms with Crippen molar-refractivity contribution < 1.29 is 19.1 Å². The van der Waals surface area contributed by atoms with Crippen LogP contribution < -0.4 is 15.5 Å². The Morgan fingerprint density at radius 3 is 2.78 bits per heavy atom. The second kappa shape index (κ2) is 9.60. The summed E-state index contributed by atoms with van der Waals surface area (Å²) in [5.41, 5.74) is 2.24. The fourth-order valence-corrected chi connectivity index (χ4v) is 6.02. The lowest BCUT2D eigenvalue weighted by molar-refractivity contribution is 0.0185. The molecule has 194 valence electrons. The summed E-state index contributed by atoms with van der Waals surface area (Å²) in [5.74, 6) is -0.299. The van der Waals surface area contributed by atoms with Crippen molar-refractivity contribution in [1.29, 1.82) is 0 Å². The number of halogens is 1. The molecule has 2 aromatic heterocycles. The molecule has 0 unspecified atom stereocenters. The van der Waals surface area contributed by atoms with Crippen LogP contribution in [0.25, 0.3) is 10.2 Å². The number of hydrogen-bond donors (Lipinski definition) is 2. The molecule has 3 aromatic rings. The number of piperidine rings is 1. The Balaban J connectivity index is 1.42. The van der Waals surface area contributed by atoms with Gasteiger partial charge in [0.05, 0.1) is 22.4 Å². The van der Waals surface area contributed by atoms with E-state index in [1.807, 2.05) is 45.9 Å². The number of aromatic nitrogens is 1. The molecule has 37 heavy (non-hydrogen) atoms. The molecule has 4 heterocycles. The molecule has 1 atom stereocenters. The third-order valence-corrected chi connectivity index (χ3v) is 7.86. The van der Waals surface area contributed by atoms with Crippen LogP contribution in [0.3, 0.4) is 0 Å². The molecule has 5 rings (SSSR count). The number of pyridine rings is 1. The molecule has 0 bridgehead atoms. The van der Waals surface area contributed by atoms with Gasteiger partial charge in [0, 0.05) is 29.8 Å². The maximum atomic E-state index is 13.4. The van der Waals surface area contributed by atoms with Crippen LogP contribution in [-0.4, -0.2) is 52.6 Å². The number of anilines is 3. The predicted molar refractivity (Wildman–Crippen MR) is 148 cm³/mol. The van der Waals surface area contributed by atoms with Crippen LogP contribution in [0.4, 0.5) is 26.7 Å². The van der Waals surface area contributed by atoms with E-state index < -0.39 is 5.60 Å². The van der Waals surface area contributed by atoms with E-state index in [9.17, 15) is 14.4 Å². The van der Waals surface area contributed by atoms with Crippen molar-refractivity contribution in [3.05, 3.63) is 45.4 Å². The molecule has 2 N–H and O–H groups in total. The second-order valence-electron chi connectivity index (χ2n) is 10.3. The van der Waals surface area contributed by atoms with Crippen LogP contribution in [0.5, 0.6) is 0 Å². The smallest absolute Gasteiger partial charge is 0.410 e. The highest BCUT2D eigenvalue weighted by Gasteiger charge is 2.35. The molecule has 2 aliphatic rings. The van der Waals surface area contributed by atoms with E-state index in [0.29, 0.717) is 34.2 Å². The average Bonchev–Trinajstić information content (AvgIpc) is 3.20. The first-order valence-electron chi connectivity index (χ1n) is 12.1. The Hall–Kier alpha value is -3.18. The summed E-state index contributed by atoms with van der Waals surface area (Å²) in [6.45, 7) is 8.39. The van der Waals surface area contributed by atoms with Crippen molar-refractivity contribution >= 4 is 72.6 Å². The van der Waals surface area contributed by atoms with E-state index in [0.717, 1.165) is 34.0 Å². The maximum Gasteiger partial charge on any atom is 0.410 e. The van der Waals surface area contributed by atoms with Crippen molar-refractivity contribution in [3.8, 4) is 0 Å². The average molecular weight is 587 g/mol. The minimum Gasteiger partial charge on any atom is -0.444 e. The van der Waals surface area contributed by atoms with E-state index in [-0.39, 0.29) is 24.1 Å². The van der Waals surface area contributed by atoms with Crippen molar-refractivity contribution in [2.24, 2.45) is 0 Å². The monoisotopic (exact) mass is 585 g/mol. The quantitative estimate of drug-likeness (QED) is 0.382. The van der Waals surface area contributed by atoms with E-state index in [1.54, 1.807) is 22.1 Å². The number of benzene rings is 1. The van der Waals surface area contributed by atoms with E-state index in [1.165, 1.54) is 11.3 Å². The number of nitrogens with one attached hydrogen (secondary N) is 2. The van der Waals surface area contributed by atoms with Gasteiger partial charge in [0.1, 0.15) is 15.3 Å². The summed E-state index contributed by atoms with van der Waals surface area (Å²) in [5, 5.41) is 6.73. The zero-order valence-corrected chi connectivity index (χ0v) is 23.5. The lowest BCUT2D eigenvalue weighted by Crippen LogP contribution is -2.50. The molecule has 0 aliphatic carbocycles. The normalized spacial score (nSPS) is 17.5. The van der Waals surface area contributed by atoms with E-state index >= 15 is 0 Å². The van der Waals surface area contributed by atoms with Crippen LogP contribution in [0.15, 0.2) is 34.9 Å². The summed E-state index contributed by atoms with van der Waals surface area (Å²) in [7, 11) is 0. The molecule has 4 amide bonds. The number of carbonyl (C=O) groups is 3. The summed E-state index contributed by atoms with van der Waals surface area (Å²) < 4.78 is 6.36. The fraction of sp³-hybridized carbons (Fsp3) is 0.385. The van der Waals surface area contributed by atoms with Crippen molar-refractivity contribution in [2.45, 2.75) is 52.2 Å². The third-order valence-electron chi connectivity index (χ3n) is 6.27. The van der Waals surface area contributed by atoms with Gasteiger partial charge in [-0.1, -0.05) is 22.0 Å². The van der Waals surface area contributed by atoms with Crippen LogP contribution in [0.1, 0.15) is 48.8 Å². The number of ether oxygens (including phenoxy) is 1. The number of thiophene rings is 1. The fourth-order valence-electron chi connectivity index (χ4n) is 4.65. The summed E-state index contributed by atoms with van der Waals surface area (Å²) in [6.07, 6.45) is 2.77. The number of rotatable bonds is 3. The number of hydrogen-bond acceptors (Lipinski definition) is 6. The minimum absolute atomic E-state index is 0.223. The molecule has 2 aliphatic heterocycles. The molecule has 0 saturated carbocycles. The predicted octanol–water partition coefficient (Wildman–Crippen LogP) is 6.18. The molecule has 9 nitrogen and oxygen atoms in total. The molecule has 0 radical (unpaired) electrons. The zero-order valence-electron chi connectivity index (χ0n) is 21.1. The number of urea groups is 1. The van der Waals surface area contributed by atoms with Gasteiger partial charge in [-0.2, -0.15) is 0 Å². The maximum absolute atomic E-state index is 13.4. The Kier molecular flexibility index (Phi) is 6.61. The van der Waals surface area contributed by atoms with Gasteiger partial charge in [-0.3, -0.25) is 9.69 Å². The Morgan fingerprint density at radius 2 is 2.03 bits per heavy atom. The van der Waals surface area contributed by atoms with Crippen LogP contribution in [-0.2, 0) is 4.74 Å². The Morgan fingerprint density at radius 1 is 1.24 bits per heavy atom. The molecule has 11 heteroatoms. The summed E-state index contributed by atoms with van der Waals surface area (Å²) >= 11 is 4.74. The van der Waals surface area contributed by atoms with E-state index in [4.69, 9.17) is 4.74 Å². The first-order valence-corrected chi connectivity index (χ1v) is 13.7. The van der Waals surface area contributed by atoms with Crippen molar-refractivity contribution in [3.63, 3.8) is 0 Å². The molecule has 1 saturated heterocycles. The molecular formula is C26H28BrN5O4S. The molecular weight excluding hydrogens is 558 g/mol. The van der Waals surface area contributed by atoms with Gasteiger partial charge in [0.25, 0.3) is 5.91 Å². The van der Waals surface area contributed by atoms with Crippen molar-refractivity contribution in [2.75, 3.05) is 23.3 Å². The second-order valence-corrected chi connectivity index (χ2v) is 12.2. The highest BCUT2D eigenvalue weighted by atomic mass is 79.9. The summed E-state index contributed by atoms with van der Waals surface area (Å²) in [4.78, 5) is 48.1. The van der Waals surface area contributed by atoms with Gasteiger partial charge < -0.3 is 20.3 Å². The lowest BCUT2D eigenvalue weighted by atomic mass is 10.1.